The summed E-state index contributed by atoms with van der Waals surface area (Å²) in [6.07, 6.45) is 5.30. The van der Waals surface area contributed by atoms with Crippen LogP contribution in [0.5, 0.6) is 0 Å². The number of nitrogens with one attached hydrogen (secondary N) is 1. The number of aryl methyl sites for hydroxylation is 1. The highest BCUT2D eigenvalue weighted by Gasteiger charge is 2.41. The summed E-state index contributed by atoms with van der Waals surface area (Å²) in [4.78, 5) is 22.8. The van der Waals surface area contributed by atoms with Crippen LogP contribution in [0.3, 0.4) is 0 Å². The van der Waals surface area contributed by atoms with Crippen molar-refractivity contribution in [2.45, 2.75) is 58.2 Å². The van der Waals surface area contributed by atoms with Gasteiger partial charge in [0.05, 0.1) is 23.0 Å². The molecule has 8 heteroatoms. The molecule has 3 aromatic heterocycles. The van der Waals surface area contributed by atoms with Crippen molar-refractivity contribution in [2.75, 3.05) is 5.32 Å². The first-order valence-corrected chi connectivity index (χ1v) is 14.6. The molecule has 0 atom stereocenters. The number of nitrogens with zero attached hydrogens (tertiary/aromatic N) is 5. The van der Waals surface area contributed by atoms with Crippen LogP contribution in [0.2, 0.25) is 16.6 Å². The van der Waals surface area contributed by atoms with Crippen molar-refractivity contribution >= 4 is 30.7 Å². The maximum absolute atomic E-state index is 13.5. The molecule has 0 aliphatic heterocycles. The molecule has 1 N–H and O–H groups in total. The third-order valence-electron chi connectivity index (χ3n) is 7.01. The van der Waals surface area contributed by atoms with Gasteiger partial charge in [-0.15, -0.1) is 5.54 Å². The second-order valence-electron chi connectivity index (χ2n) is 10.2. The molecule has 0 spiro atoms. The molecule has 36 heavy (non-hydrogen) atoms. The van der Waals surface area contributed by atoms with Gasteiger partial charge in [0.1, 0.15) is 8.07 Å². The molecule has 4 rings (SSSR count). The third kappa shape index (κ3) is 4.71. The van der Waals surface area contributed by atoms with Gasteiger partial charge in [0.25, 0.3) is 5.56 Å². The van der Waals surface area contributed by atoms with E-state index in [9.17, 15) is 4.79 Å². The summed E-state index contributed by atoms with van der Waals surface area (Å²) in [5.74, 6) is 3.84. The lowest BCUT2D eigenvalue weighted by molar-refractivity contribution is 0.768. The molecule has 1 aromatic carbocycles. The van der Waals surface area contributed by atoms with Crippen LogP contribution < -0.4 is 10.9 Å². The van der Waals surface area contributed by atoms with Gasteiger partial charge in [-0.3, -0.25) is 14.0 Å². The Balaban J connectivity index is 1.95. The lowest BCUT2D eigenvalue weighted by atomic mass is 10.2. The van der Waals surface area contributed by atoms with Crippen molar-refractivity contribution in [3.63, 3.8) is 0 Å². The van der Waals surface area contributed by atoms with Gasteiger partial charge in [-0.2, -0.15) is 10.1 Å². The fourth-order valence-electron chi connectivity index (χ4n) is 5.32. The standard InChI is InChI=1S/C28H34N6OSi/c1-19(2)36(20(3)4,21(5)6)14-13-22-15-26(35)34(24-11-9-8-10-12-24)27-25(22)17-29-28(32-27)31-23-16-30-33(7)18-23/h8-12,15-21H,1-7H3,(H,29,31,32). The number of fused-ring (bicyclic) bond motifs is 1. The zero-order chi connectivity index (χ0) is 26.0. The molecule has 0 saturated heterocycles. The van der Waals surface area contributed by atoms with E-state index in [0.717, 1.165) is 16.8 Å². The van der Waals surface area contributed by atoms with Gasteiger partial charge in [-0.25, -0.2) is 4.98 Å². The maximum atomic E-state index is 13.5. The molecule has 0 saturated carbocycles. The number of pyridine rings is 1. The van der Waals surface area contributed by atoms with Crippen LogP contribution in [0.25, 0.3) is 16.7 Å². The average molecular weight is 499 g/mol. The molecule has 0 unspecified atom stereocenters. The van der Waals surface area contributed by atoms with Crippen molar-refractivity contribution in [1.29, 1.82) is 0 Å². The maximum Gasteiger partial charge on any atom is 0.258 e. The molecule has 3 heterocycles. The smallest absolute Gasteiger partial charge is 0.258 e. The number of hydrogen-bond donors (Lipinski definition) is 1. The van der Waals surface area contributed by atoms with Gasteiger partial charge in [-0.1, -0.05) is 65.7 Å². The molecule has 0 radical (unpaired) electrons. The zero-order valence-corrected chi connectivity index (χ0v) is 23.1. The average Bonchev–Trinajstić information content (AvgIpc) is 3.23. The molecule has 4 aromatic rings. The van der Waals surface area contributed by atoms with Crippen molar-refractivity contribution in [3.05, 3.63) is 70.9 Å². The summed E-state index contributed by atoms with van der Waals surface area (Å²) in [7, 11) is -0.138. The van der Waals surface area contributed by atoms with Crippen LogP contribution >= 0.6 is 0 Å². The zero-order valence-electron chi connectivity index (χ0n) is 22.1. The van der Waals surface area contributed by atoms with E-state index >= 15 is 0 Å². The fraction of sp³-hybridized carbons (Fsp3) is 0.357. The van der Waals surface area contributed by atoms with E-state index in [-0.39, 0.29) is 5.56 Å². The highest BCUT2D eigenvalue weighted by atomic mass is 28.3. The predicted molar refractivity (Wildman–Crippen MR) is 150 cm³/mol. The first kappa shape index (κ1) is 25.4. The van der Waals surface area contributed by atoms with Gasteiger partial charge in [-0.05, 0) is 28.8 Å². The minimum absolute atomic E-state index is 0.171. The van der Waals surface area contributed by atoms with Crippen LogP contribution in [0.4, 0.5) is 11.6 Å². The van der Waals surface area contributed by atoms with Gasteiger partial charge >= 0.3 is 0 Å². The van der Waals surface area contributed by atoms with Crippen LogP contribution in [-0.2, 0) is 7.05 Å². The van der Waals surface area contributed by atoms with E-state index in [1.807, 2.05) is 43.6 Å². The van der Waals surface area contributed by atoms with Crippen molar-refractivity contribution in [1.82, 2.24) is 24.3 Å². The lowest BCUT2D eigenvalue weighted by Gasteiger charge is -2.38. The summed E-state index contributed by atoms with van der Waals surface area (Å²) in [5, 5.41) is 8.12. The Labute approximate surface area is 213 Å². The van der Waals surface area contributed by atoms with E-state index in [1.54, 1.807) is 27.7 Å². The van der Waals surface area contributed by atoms with Crippen LogP contribution in [0, 0.1) is 11.5 Å². The normalized spacial score (nSPS) is 11.8. The summed E-state index contributed by atoms with van der Waals surface area (Å²) in [6, 6.07) is 11.2. The summed E-state index contributed by atoms with van der Waals surface area (Å²) >= 11 is 0. The Morgan fingerprint density at radius 1 is 0.972 bits per heavy atom. The van der Waals surface area contributed by atoms with E-state index in [1.165, 1.54) is 0 Å². The van der Waals surface area contributed by atoms with Gasteiger partial charge in [0.2, 0.25) is 5.95 Å². The molecule has 0 aliphatic carbocycles. The summed E-state index contributed by atoms with van der Waals surface area (Å²) < 4.78 is 3.32. The fourth-order valence-corrected chi connectivity index (χ4v) is 10.5. The van der Waals surface area contributed by atoms with E-state index in [4.69, 9.17) is 4.98 Å². The van der Waals surface area contributed by atoms with Gasteiger partial charge < -0.3 is 5.32 Å². The summed E-state index contributed by atoms with van der Waals surface area (Å²) in [6.45, 7) is 13.7. The van der Waals surface area contributed by atoms with Gasteiger partial charge in [0, 0.05) is 31.1 Å². The summed E-state index contributed by atoms with van der Waals surface area (Å²) in [5.41, 5.74) is 7.75. The molecule has 0 amide bonds. The number of para-hydroxylation sites is 1. The number of anilines is 2. The topological polar surface area (TPSA) is 77.6 Å². The second kappa shape index (κ2) is 10.1. The third-order valence-corrected chi connectivity index (χ3v) is 13.3. The van der Waals surface area contributed by atoms with Crippen molar-refractivity contribution in [2.24, 2.45) is 7.05 Å². The minimum atomic E-state index is -1.98. The molecule has 186 valence electrons. The van der Waals surface area contributed by atoms with E-state index < -0.39 is 8.07 Å². The number of hydrogen-bond acceptors (Lipinski definition) is 5. The van der Waals surface area contributed by atoms with E-state index in [2.05, 4.69) is 68.4 Å². The molecule has 0 aliphatic rings. The van der Waals surface area contributed by atoms with Crippen molar-refractivity contribution in [3.8, 4) is 17.2 Å². The minimum Gasteiger partial charge on any atom is -0.321 e. The van der Waals surface area contributed by atoms with Crippen LogP contribution in [0.1, 0.15) is 47.1 Å². The second-order valence-corrected chi connectivity index (χ2v) is 15.8. The Morgan fingerprint density at radius 2 is 1.64 bits per heavy atom. The van der Waals surface area contributed by atoms with Crippen LogP contribution in [-0.4, -0.2) is 32.4 Å². The Bertz CT molecular complexity index is 1470. The lowest BCUT2D eigenvalue weighted by Crippen LogP contribution is -2.43. The Hall–Kier alpha value is -3.70. The largest absolute Gasteiger partial charge is 0.321 e. The highest BCUT2D eigenvalue weighted by Crippen LogP contribution is 2.40. The SMILES string of the molecule is CC(C)[Si](C#Cc1cc(=O)n(-c2ccccc2)c2nc(Nc3cnn(C)c3)ncc12)(C(C)C)C(C)C. The molecule has 0 bridgehead atoms. The van der Waals surface area contributed by atoms with Crippen LogP contribution in [0.15, 0.2) is 59.8 Å². The first-order valence-electron chi connectivity index (χ1n) is 12.4. The van der Waals surface area contributed by atoms with Gasteiger partial charge in [0.15, 0.2) is 5.65 Å². The first-order chi connectivity index (χ1) is 17.1. The molecule has 7 nitrogen and oxygen atoms in total. The van der Waals surface area contributed by atoms with Crippen molar-refractivity contribution < 1.29 is 0 Å². The molecule has 0 fully saturated rings. The number of benzene rings is 1. The molecular weight excluding hydrogens is 464 g/mol. The predicted octanol–water partition coefficient (Wildman–Crippen LogP) is 5.83. The highest BCUT2D eigenvalue weighted by molar-refractivity contribution is 6.90. The Morgan fingerprint density at radius 3 is 2.22 bits per heavy atom. The molecular formula is C28H34N6OSi. The van der Waals surface area contributed by atoms with E-state index in [0.29, 0.717) is 33.8 Å². The number of rotatable bonds is 6. The Kier molecular flexibility index (Phi) is 7.13. The number of aromatic nitrogens is 5. The quantitative estimate of drug-likeness (QED) is 0.267. The monoisotopic (exact) mass is 498 g/mol.